The third-order valence-electron chi connectivity index (χ3n) is 5.06. The molecule has 2 heteroatoms. The molecule has 1 saturated carbocycles. The van der Waals surface area contributed by atoms with Crippen LogP contribution in [-0.2, 0) is 16.0 Å². The van der Waals surface area contributed by atoms with Crippen LogP contribution in [0.5, 0.6) is 0 Å². The minimum Gasteiger partial charge on any atom is -0.469 e. The quantitative estimate of drug-likeness (QED) is 0.592. The van der Waals surface area contributed by atoms with Crippen molar-refractivity contribution in [1.29, 1.82) is 0 Å². The first-order chi connectivity index (χ1) is 9.79. The van der Waals surface area contributed by atoms with Crippen molar-refractivity contribution < 1.29 is 9.53 Å². The second kappa shape index (κ2) is 5.99. The molecule has 2 aliphatic carbocycles. The Morgan fingerprint density at radius 2 is 1.85 bits per heavy atom. The van der Waals surface area contributed by atoms with E-state index in [0.717, 1.165) is 18.8 Å². The molecule has 0 N–H and O–H groups in total. The molecular formula is C18H24O2. The van der Waals surface area contributed by atoms with Gasteiger partial charge in [0.1, 0.15) is 0 Å². The van der Waals surface area contributed by atoms with Gasteiger partial charge in [-0.1, -0.05) is 43.9 Å². The van der Waals surface area contributed by atoms with Crippen LogP contribution in [0.1, 0.15) is 73.5 Å². The van der Waals surface area contributed by atoms with Crippen molar-refractivity contribution in [1.82, 2.24) is 0 Å². The van der Waals surface area contributed by atoms with E-state index in [-0.39, 0.29) is 11.9 Å². The Labute approximate surface area is 121 Å². The lowest BCUT2D eigenvalue weighted by molar-refractivity contribution is -0.142. The average Bonchev–Trinajstić information content (AvgIpc) is 2.71. The number of aryl methyl sites for hydroxylation is 1. The number of ether oxygens (including phenoxy) is 1. The van der Waals surface area contributed by atoms with E-state index in [0.29, 0.717) is 0 Å². The summed E-state index contributed by atoms with van der Waals surface area (Å²) in [5, 5.41) is 0. The van der Waals surface area contributed by atoms with Crippen molar-refractivity contribution in [3.05, 3.63) is 34.9 Å². The molecule has 1 unspecified atom stereocenters. The third-order valence-corrected chi connectivity index (χ3v) is 5.06. The normalized spacial score (nSPS) is 23.1. The number of methoxy groups -OCH3 is 1. The average molecular weight is 272 g/mol. The fourth-order valence-electron chi connectivity index (χ4n) is 3.89. The van der Waals surface area contributed by atoms with Gasteiger partial charge in [-0.15, -0.1) is 0 Å². The van der Waals surface area contributed by atoms with Gasteiger partial charge in [0.05, 0.1) is 13.0 Å². The van der Waals surface area contributed by atoms with Gasteiger partial charge in [0.2, 0.25) is 0 Å². The summed E-state index contributed by atoms with van der Waals surface area (Å²) in [5.74, 6) is 0.629. The molecule has 1 atom stereocenters. The van der Waals surface area contributed by atoms with E-state index >= 15 is 0 Å². The lowest BCUT2D eigenvalue weighted by Gasteiger charge is -2.16. The maximum atomic E-state index is 11.8. The molecule has 2 aliphatic rings. The molecule has 0 aliphatic heterocycles. The van der Waals surface area contributed by atoms with Gasteiger partial charge in [0, 0.05) is 0 Å². The second-order valence-electron chi connectivity index (χ2n) is 6.26. The summed E-state index contributed by atoms with van der Waals surface area (Å²) >= 11 is 0. The molecule has 20 heavy (non-hydrogen) atoms. The van der Waals surface area contributed by atoms with Gasteiger partial charge in [-0.05, 0) is 48.3 Å². The fourth-order valence-corrected chi connectivity index (χ4v) is 3.89. The van der Waals surface area contributed by atoms with Crippen molar-refractivity contribution in [2.24, 2.45) is 0 Å². The number of fused-ring (bicyclic) bond motifs is 1. The van der Waals surface area contributed by atoms with Crippen LogP contribution in [-0.4, -0.2) is 13.1 Å². The van der Waals surface area contributed by atoms with E-state index < -0.39 is 0 Å². The molecule has 1 aromatic rings. The van der Waals surface area contributed by atoms with Crippen LogP contribution in [0.25, 0.3) is 0 Å². The highest BCUT2D eigenvalue weighted by molar-refractivity contribution is 5.79. The SMILES string of the molecule is COC(=O)C1CCc2cc(C3CCCCCC3)ccc21. The maximum absolute atomic E-state index is 11.8. The number of carbonyl (C=O) groups is 1. The van der Waals surface area contributed by atoms with E-state index in [1.165, 1.54) is 62.3 Å². The molecule has 0 saturated heterocycles. The summed E-state index contributed by atoms with van der Waals surface area (Å²) in [6.07, 6.45) is 10.1. The van der Waals surface area contributed by atoms with Crippen molar-refractivity contribution in [3.8, 4) is 0 Å². The number of hydrogen-bond donors (Lipinski definition) is 0. The Kier molecular flexibility index (Phi) is 4.09. The number of rotatable bonds is 2. The third kappa shape index (κ3) is 2.61. The monoisotopic (exact) mass is 272 g/mol. The minimum atomic E-state index is -0.0778. The summed E-state index contributed by atoms with van der Waals surface area (Å²) in [4.78, 5) is 11.8. The number of hydrogen-bond acceptors (Lipinski definition) is 2. The van der Waals surface area contributed by atoms with E-state index in [1.807, 2.05) is 0 Å². The Hall–Kier alpha value is -1.31. The molecule has 0 spiro atoms. The van der Waals surface area contributed by atoms with Crippen LogP contribution >= 0.6 is 0 Å². The molecule has 0 heterocycles. The van der Waals surface area contributed by atoms with Crippen molar-refractivity contribution in [2.45, 2.75) is 63.2 Å². The zero-order valence-electron chi connectivity index (χ0n) is 12.4. The molecule has 0 amide bonds. The van der Waals surface area contributed by atoms with Gasteiger partial charge in [0.25, 0.3) is 0 Å². The summed E-state index contributed by atoms with van der Waals surface area (Å²) in [5.41, 5.74) is 4.08. The lowest BCUT2D eigenvalue weighted by atomic mass is 9.89. The Morgan fingerprint density at radius 1 is 1.10 bits per heavy atom. The number of benzene rings is 1. The second-order valence-corrected chi connectivity index (χ2v) is 6.26. The predicted molar refractivity (Wildman–Crippen MR) is 80.0 cm³/mol. The topological polar surface area (TPSA) is 26.3 Å². The van der Waals surface area contributed by atoms with Crippen LogP contribution in [0.2, 0.25) is 0 Å². The van der Waals surface area contributed by atoms with Gasteiger partial charge in [-0.3, -0.25) is 4.79 Å². The van der Waals surface area contributed by atoms with Crippen molar-refractivity contribution in [2.75, 3.05) is 7.11 Å². The van der Waals surface area contributed by atoms with E-state index in [9.17, 15) is 4.79 Å². The standard InChI is InChI=1S/C18H24O2/c1-20-18(19)17-11-9-15-12-14(8-10-16(15)17)13-6-4-2-3-5-7-13/h8,10,12-13,17H,2-7,9,11H2,1H3. The summed E-state index contributed by atoms with van der Waals surface area (Å²) < 4.78 is 4.92. The smallest absolute Gasteiger partial charge is 0.313 e. The van der Waals surface area contributed by atoms with Crippen molar-refractivity contribution >= 4 is 5.97 Å². The largest absolute Gasteiger partial charge is 0.469 e. The van der Waals surface area contributed by atoms with Crippen LogP contribution in [0.15, 0.2) is 18.2 Å². The van der Waals surface area contributed by atoms with E-state index in [2.05, 4.69) is 18.2 Å². The van der Waals surface area contributed by atoms with Gasteiger partial charge in [-0.25, -0.2) is 0 Å². The first-order valence-corrected chi connectivity index (χ1v) is 8.00. The summed E-state index contributed by atoms with van der Waals surface area (Å²) in [6, 6.07) is 6.81. The molecule has 0 aromatic heterocycles. The lowest BCUT2D eigenvalue weighted by Crippen LogP contribution is -2.11. The van der Waals surface area contributed by atoms with Crippen molar-refractivity contribution in [3.63, 3.8) is 0 Å². The minimum absolute atomic E-state index is 0.0295. The first-order valence-electron chi connectivity index (χ1n) is 8.00. The predicted octanol–water partition coefficient (Wildman–Crippen LogP) is 4.33. The molecule has 3 rings (SSSR count). The molecule has 1 fully saturated rings. The molecule has 2 nitrogen and oxygen atoms in total. The Balaban J connectivity index is 1.81. The van der Waals surface area contributed by atoms with Gasteiger partial charge in [-0.2, -0.15) is 0 Å². The number of carbonyl (C=O) groups excluding carboxylic acids is 1. The van der Waals surface area contributed by atoms with Gasteiger partial charge < -0.3 is 4.74 Å². The maximum Gasteiger partial charge on any atom is 0.313 e. The first kappa shape index (κ1) is 13.7. The van der Waals surface area contributed by atoms with Crippen LogP contribution in [0.3, 0.4) is 0 Å². The summed E-state index contributed by atoms with van der Waals surface area (Å²) in [6.45, 7) is 0. The molecule has 108 valence electrons. The van der Waals surface area contributed by atoms with E-state index in [1.54, 1.807) is 0 Å². The summed E-state index contributed by atoms with van der Waals surface area (Å²) in [7, 11) is 1.49. The number of esters is 1. The van der Waals surface area contributed by atoms with Crippen LogP contribution < -0.4 is 0 Å². The fraction of sp³-hybridized carbons (Fsp3) is 0.611. The molecule has 0 bridgehead atoms. The Morgan fingerprint density at radius 3 is 2.55 bits per heavy atom. The van der Waals surface area contributed by atoms with Gasteiger partial charge in [0.15, 0.2) is 0 Å². The van der Waals surface area contributed by atoms with E-state index in [4.69, 9.17) is 4.74 Å². The molecular weight excluding hydrogens is 248 g/mol. The Bertz CT molecular complexity index is 484. The van der Waals surface area contributed by atoms with Crippen LogP contribution in [0, 0.1) is 0 Å². The zero-order chi connectivity index (χ0) is 13.9. The molecule has 1 aromatic carbocycles. The van der Waals surface area contributed by atoms with Gasteiger partial charge >= 0.3 is 5.97 Å². The highest BCUT2D eigenvalue weighted by atomic mass is 16.5. The molecule has 0 radical (unpaired) electrons. The highest BCUT2D eigenvalue weighted by Gasteiger charge is 2.30. The zero-order valence-corrected chi connectivity index (χ0v) is 12.4. The highest BCUT2D eigenvalue weighted by Crippen LogP contribution is 2.38. The van der Waals surface area contributed by atoms with Crippen LogP contribution in [0.4, 0.5) is 0 Å².